The van der Waals surface area contributed by atoms with Crippen molar-refractivity contribution in [1.82, 2.24) is 5.32 Å². The highest BCUT2D eigenvalue weighted by molar-refractivity contribution is 7.45. The normalized spacial score (nSPS) is 14.1. The number of carbonyl (C=O) groups excluding carboxylic acids is 2. The van der Waals surface area contributed by atoms with Gasteiger partial charge in [-0.25, -0.2) is 0 Å². The first kappa shape index (κ1) is 76.5. The van der Waals surface area contributed by atoms with Gasteiger partial charge in [-0.15, -0.1) is 0 Å². The second-order valence-corrected chi connectivity index (χ2v) is 25.0. The average Bonchev–Trinajstić information content (AvgIpc) is 3.41. The summed E-state index contributed by atoms with van der Waals surface area (Å²) in [6.45, 7) is 6.75. The van der Waals surface area contributed by atoms with Crippen LogP contribution in [0.1, 0.15) is 303 Å². The van der Waals surface area contributed by atoms with Crippen molar-refractivity contribution in [1.29, 1.82) is 0 Å². The van der Waals surface area contributed by atoms with Crippen LogP contribution in [0.5, 0.6) is 0 Å². The number of nitrogens with zero attached hydrogens (tertiary/aromatic N) is 1. The number of rotatable bonds is 60. The molecule has 0 radical (unpaired) electrons. The summed E-state index contributed by atoms with van der Waals surface area (Å²) in [7, 11) is 1.17. The van der Waals surface area contributed by atoms with Crippen molar-refractivity contribution in [3.05, 3.63) is 72.9 Å². The van der Waals surface area contributed by atoms with E-state index in [2.05, 4.69) is 86.8 Å². The van der Waals surface area contributed by atoms with Crippen molar-refractivity contribution >= 4 is 19.7 Å². The number of carbonyl (C=O) groups is 2. The maximum atomic E-state index is 13.6. The predicted octanol–water partition coefficient (Wildman–Crippen LogP) is 20.2. The fourth-order valence-corrected chi connectivity index (χ4v) is 10.3. The first-order valence-electron chi connectivity index (χ1n) is 33.2. The molecular weight excluding hydrogens is 1000 g/mol. The molecule has 0 heterocycles. The molecule has 1 N–H and O–H groups in total. The van der Waals surface area contributed by atoms with Gasteiger partial charge in [0.25, 0.3) is 7.82 Å². The van der Waals surface area contributed by atoms with Crippen LogP contribution in [0, 0.1) is 0 Å². The van der Waals surface area contributed by atoms with Gasteiger partial charge in [0.2, 0.25) is 5.91 Å². The van der Waals surface area contributed by atoms with Crippen LogP contribution in [0.25, 0.3) is 0 Å². The molecule has 10 heteroatoms. The molecule has 0 saturated carbocycles. The number of ether oxygens (including phenoxy) is 1. The minimum Gasteiger partial charge on any atom is -0.756 e. The summed E-state index contributed by atoms with van der Waals surface area (Å²) in [4.78, 5) is 40.1. The highest BCUT2D eigenvalue weighted by Crippen LogP contribution is 2.38. The van der Waals surface area contributed by atoms with Crippen LogP contribution < -0.4 is 10.2 Å². The molecule has 1 amide bonds. The van der Waals surface area contributed by atoms with E-state index in [1.54, 1.807) is 0 Å². The third-order valence-electron chi connectivity index (χ3n) is 14.7. The lowest BCUT2D eigenvalue weighted by molar-refractivity contribution is -0.870. The van der Waals surface area contributed by atoms with Gasteiger partial charge in [0.1, 0.15) is 19.3 Å². The van der Waals surface area contributed by atoms with E-state index in [4.69, 9.17) is 13.8 Å². The quantitative estimate of drug-likeness (QED) is 0.0212. The van der Waals surface area contributed by atoms with E-state index >= 15 is 0 Å². The van der Waals surface area contributed by atoms with Gasteiger partial charge in [-0.1, -0.05) is 287 Å². The van der Waals surface area contributed by atoms with Gasteiger partial charge < -0.3 is 28.5 Å². The van der Waals surface area contributed by atoms with Crippen molar-refractivity contribution in [2.45, 2.75) is 315 Å². The minimum absolute atomic E-state index is 0.0274. The number of phosphoric ester groups is 1. The number of allylic oxidation sites excluding steroid dienone is 11. The molecular formula is C69H127N2O7P. The summed E-state index contributed by atoms with van der Waals surface area (Å²) < 4.78 is 30.4. The molecule has 460 valence electrons. The maximum absolute atomic E-state index is 13.6. The van der Waals surface area contributed by atoms with Gasteiger partial charge in [0.15, 0.2) is 0 Å². The van der Waals surface area contributed by atoms with Crippen LogP contribution in [0.4, 0.5) is 0 Å². The Kier molecular flexibility index (Phi) is 56.7. The van der Waals surface area contributed by atoms with Crippen molar-refractivity contribution in [2.75, 3.05) is 40.9 Å². The fourth-order valence-electron chi connectivity index (χ4n) is 9.55. The molecule has 3 unspecified atom stereocenters. The Morgan fingerprint density at radius 2 is 0.810 bits per heavy atom. The SMILES string of the molecule is CC/C=C\C/C=C\C/C=C\C/C=C\C/C=C\CCCCCCCC(=O)NC(COP(=O)([O-])OCC[N+](C)(C)C)C(/C=C/CCCCCCCCCCCCC)OC(=O)CCCCCCCCCCCCCCCCCCCCC. The molecule has 0 aliphatic rings. The smallest absolute Gasteiger partial charge is 0.306 e. The van der Waals surface area contributed by atoms with Gasteiger partial charge in [-0.2, -0.15) is 0 Å². The molecule has 0 aliphatic carbocycles. The van der Waals surface area contributed by atoms with Gasteiger partial charge >= 0.3 is 5.97 Å². The van der Waals surface area contributed by atoms with Gasteiger partial charge in [0, 0.05) is 12.8 Å². The number of amides is 1. The van der Waals surface area contributed by atoms with Crippen LogP contribution in [0.3, 0.4) is 0 Å². The monoisotopic (exact) mass is 1130 g/mol. The molecule has 0 bridgehead atoms. The van der Waals surface area contributed by atoms with E-state index in [-0.39, 0.29) is 24.9 Å². The third kappa shape index (κ3) is 59.9. The molecule has 0 aromatic heterocycles. The molecule has 0 saturated heterocycles. The lowest BCUT2D eigenvalue weighted by Gasteiger charge is -2.30. The zero-order valence-corrected chi connectivity index (χ0v) is 53.5. The van der Waals surface area contributed by atoms with E-state index in [0.29, 0.717) is 23.9 Å². The molecule has 0 fully saturated rings. The second kappa shape index (κ2) is 58.6. The number of likely N-dealkylation sites (N-methyl/N-ethyl adjacent to an activating group) is 1. The van der Waals surface area contributed by atoms with Crippen LogP contribution in [0.2, 0.25) is 0 Å². The summed E-state index contributed by atoms with van der Waals surface area (Å²) in [5.41, 5.74) is 0. The number of esters is 1. The molecule has 9 nitrogen and oxygen atoms in total. The Morgan fingerprint density at radius 1 is 0.456 bits per heavy atom. The lowest BCUT2D eigenvalue weighted by atomic mass is 10.0. The highest BCUT2D eigenvalue weighted by atomic mass is 31.2. The number of nitrogens with one attached hydrogen (secondary N) is 1. The van der Waals surface area contributed by atoms with Crippen LogP contribution in [0.15, 0.2) is 72.9 Å². The first-order chi connectivity index (χ1) is 38.4. The van der Waals surface area contributed by atoms with Crippen molar-refractivity contribution in [3.63, 3.8) is 0 Å². The zero-order chi connectivity index (χ0) is 57.9. The van der Waals surface area contributed by atoms with Crippen LogP contribution >= 0.6 is 7.82 Å². The Hall–Kier alpha value is -2.55. The summed E-state index contributed by atoms with van der Waals surface area (Å²) in [5.74, 6) is -0.553. The third-order valence-corrected chi connectivity index (χ3v) is 15.6. The molecule has 79 heavy (non-hydrogen) atoms. The Morgan fingerprint density at radius 3 is 1.22 bits per heavy atom. The Labute approximate surface area is 489 Å². The van der Waals surface area contributed by atoms with Gasteiger partial charge in [0.05, 0.1) is 33.8 Å². The largest absolute Gasteiger partial charge is 0.756 e. The minimum atomic E-state index is -4.71. The molecule has 0 aliphatic heterocycles. The summed E-state index contributed by atoms with van der Waals surface area (Å²) in [6.07, 6.45) is 75.8. The number of unbranched alkanes of at least 4 members (excludes halogenated alkanes) is 34. The van der Waals surface area contributed by atoms with E-state index in [1.165, 1.54) is 161 Å². The topological polar surface area (TPSA) is 114 Å². The first-order valence-corrected chi connectivity index (χ1v) is 34.7. The highest BCUT2D eigenvalue weighted by Gasteiger charge is 2.27. The molecule has 0 spiro atoms. The predicted molar refractivity (Wildman–Crippen MR) is 339 cm³/mol. The molecule has 0 aromatic rings. The van der Waals surface area contributed by atoms with Crippen LogP contribution in [-0.2, 0) is 27.9 Å². The number of quaternary nitrogens is 1. The van der Waals surface area contributed by atoms with Crippen molar-refractivity contribution in [3.8, 4) is 0 Å². The zero-order valence-electron chi connectivity index (χ0n) is 52.6. The van der Waals surface area contributed by atoms with Crippen molar-refractivity contribution < 1.29 is 37.3 Å². The van der Waals surface area contributed by atoms with Gasteiger partial charge in [-0.3, -0.25) is 14.2 Å². The second-order valence-electron chi connectivity index (χ2n) is 23.6. The van der Waals surface area contributed by atoms with Gasteiger partial charge in [-0.05, 0) is 76.7 Å². The molecule has 0 rings (SSSR count). The Bertz CT molecular complexity index is 1580. The lowest BCUT2D eigenvalue weighted by Crippen LogP contribution is -2.47. The summed E-state index contributed by atoms with van der Waals surface area (Å²) in [5, 5.41) is 3.03. The number of phosphoric acid groups is 1. The average molecular weight is 1130 g/mol. The van der Waals surface area contributed by atoms with E-state index in [9.17, 15) is 19.0 Å². The van der Waals surface area contributed by atoms with E-state index < -0.39 is 26.6 Å². The Balaban J connectivity index is 5.24. The maximum Gasteiger partial charge on any atom is 0.306 e. The van der Waals surface area contributed by atoms with E-state index in [1.807, 2.05) is 33.3 Å². The number of hydrogen-bond donors (Lipinski definition) is 1. The molecule has 3 atom stereocenters. The fraction of sp³-hybridized carbons (Fsp3) is 0.797. The molecule has 0 aromatic carbocycles. The summed E-state index contributed by atoms with van der Waals surface area (Å²) in [6, 6.07) is -0.900. The van der Waals surface area contributed by atoms with E-state index in [0.717, 1.165) is 103 Å². The standard InChI is InChI=1S/C69H127N2O7P/c1-7-10-13-16-19-22-25-28-30-32-34-35-37-38-40-43-46-49-52-55-58-61-68(72)70-66(65-77-79(74,75)76-64-63-71(4,5)6)67(60-57-54-51-48-45-42-27-24-21-18-15-12-9-3)78-69(73)62-59-56-53-50-47-44-41-39-36-33-31-29-26-23-20-17-14-11-8-2/h10,13,19,22,28,30,34-35,38,40,57,60,66-67H,7-9,11-12,14-18,20-21,23-27,29,31-33,36-37,39,41-56,58-59,61-65H2,1-6H3,(H-,70,72,74,75)/b13-10-,22-19-,30-28-,35-34-,40-38-,60-57+. The van der Waals surface area contributed by atoms with Crippen molar-refractivity contribution in [2.24, 2.45) is 0 Å². The van der Waals surface area contributed by atoms with Crippen LogP contribution in [-0.4, -0.2) is 69.4 Å². The number of hydrogen-bond acceptors (Lipinski definition) is 7. The summed E-state index contributed by atoms with van der Waals surface area (Å²) >= 11 is 0.